The van der Waals surface area contributed by atoms with Crippen molar-refractivity contribution in [2.45, 2.75) is 58.0 Å². The second-order valence-electron chi connectivity index (χ2n) is 5.45. The predicted octanol–water partition coefficient (Wildman–Crippen LogP) is 1.09. The summed E-state index contributed by atoms with van der Waals surface area (Å²) >= 11 is 0. The van der Waals surface area contributed by atoms with E-state index >= 15 is 0 Å². The molecule has 1 aromatic heterocycles. The van der Waals surface area contributed by atoms with E-state index in [2.05, 4.69) is 17.2 Å². The molecule has 0 aromatic carbocycles. The molecule has 21 heavy (non-hydrogen) atoms. The van der Waals surface area contributed by atoms with Gasteiger partial charge in [0.05, 0.1) is 12.1 Å². The number of amides is 1. The maximum Gasteiger partial charge on any atom is 0.303 e. The molecule has 1 fully saturated rings. The van der Waals surface area contributed by atoms with E-state index in [0.29, 0.717) is 18.2 Å². The van der Waals surface area contributed by atoms with Crippen LogP contribution in [-0.4, -0.2) is 49.5 Å². The van der Waals surface area contributed by atoms with E-state index in [0.717, 1.165) is 25.8 Å². The number of piperidine rings is 1. The molecule has 1 atom stereocenters. The molecule has 0 spiro atoms. The minimum atomic E-state index is -0.861. The van der Waals surface area contributed by atoms with Crippen LogP contribution in [-0.2, 0) is 22.6 Å². The molecule has 0 saturated carbocycles. The Morgan fingerprint density at radius 2 is 2.24 bits per heavy atom. The van der Waals surface area contributed by atoms with Gasteiger partial charge in [0.2, 0.25) is 5.91 Å². The van der Waals surface area contributed by atoms with Crippen LogP contribution < -0.4 is 0 Å². The number of carboxylic acid groups (broad SMARTS) is 1. The number of hydrogen-bond donors (Lipinski definition) is 1. The molecule has 0 bridgehead atoms. The lowest BCUT2D eigenvalue weighted by atomic mass is 10.00. The number of aromatic nitrogens is 3. The van der Waals surface area contributed by atoms with Crippen molar-refractivity contribution in [3.8, 4) is 0 Å². The summed E-state index contributed by atoms with van der Waals surface area (Å²) in [7, 11) is 0. The second kappa shape index (κ2) is 7.19. The lowest BCUT2D eigenvalue weighted by molar-refractivity contribution is -0.137. The van der Waals surface area contributed by atoms with Crippen LogP contribution in [0.3, 0.4) is 0 Å². The van der Waals surface area contributed by atoms with Gasteiger partial charge in [0.1, 0.15) is 6.54 Å². The van der Waals surface area contributed by atoms with E-state index in [-0.39, 0.29) is 18.9 Å². The number of carbonyl (C=O) groups excluding carboxylic acids is 1. The van der Waals surface area contributed by atoms with Gasteiger partial charge in [0.25, 0.3) is 0 Å². The Balaban J connectivity index is 1.91. The summed E-state index contributed by atoms with van der Waals surface area (Å²) in [6, 6.07) is 0.334. The van der Waals surface area contributed by atoms with E-state index in [4.69, 9.17) is 5.11 Å². The third kappa shape index (κ3) is 4.27. The smallest absolute Gasteiger partial charge is 0.303 e. The van der Waals surface area contributed by atoms with Crippen molar-refractivity contribution in [1.29, 1.82) is 0 Å². The first-order valence-corrected chi connectivity index (χ1v) is 7.50. The SMILES string of the molecule is CCC1CCCCN1C(=O)Cn1cc(CCC(=O)O)nn1. The van der Waals surface area contributed by atoms with Crippen LogP contribution >= 0.6 is 0 Å². The molecule has 1 saturated heterocycles. The van der Waals surface area contributed by atoms with Gasteiger partial charge in [-0.3, -0.25) is 9.59 Å². The Bertz CT molecular complexity index is 500. The van der Waals surface area contributed by atoms with Gasteiger partial charge in [-0.15, -0.1) is 5.10 Å². The number of carbonyl (C=O) groups is 2. The van der Waals surface area contributed by atoms with E-state index in [1.54, 1.807) is 6.20 Å². The average Bonchev–Trinajstić information content (AvgIpc) is 2.92. The van der Waals surface area contributed by atoms with Gasteiger partial charge in [-0.25, -0.2) is 4.68 Å². The summed E-state index contributed by atoms with van der Waals surface area (Å²) in [5.41, 5.74) is 0.607. The minimum absolute atomic E-state index is 0.0245. The van der Waals surface area contributed by atoms with Crippen molar-refractivity contribution in [3.63, 3.8) is 0 Å². The average molecular weight is 294 g/mol. The molecule has 0 radical (unpaired) electrons. The Morgan fingerprint density at radius 3 is 2.95 bits per heavy atom. The van der Waals surface area contributed by atoms with Crippen LogP contribution in [0, 0.1) is 0 Å². The fourth-order valence-corrected chi connectivity index (χ4v) is 2.75. The van der Waals surface area contributed by atoms with E-state index in [9.17, 15) is 9.59 Å². The number of hydrogen-bond acceptors (Lipinski definition) is 4. The molecular weight excluding hydrogens is 272 g/mol. The summed E-state index contributed by atoms with van der Waals surface area (Å²) in [5, 5.41) is 16.4. The molecule has 1 aliphatic rings. The standard InChI is InChI=1S/C14H22N4O3/c1-2-12-5-3-4-8-18(12)13(19)10-17-9-11(15-16-17)6-7-14(20)21/h9,12H,2-8,10H2,1H3,(H,20,21). The molecule has 0 aliphatic carbocycles. The first kappa shape index (κ1) is 15.5. The van der Waals surface area contributed by atoms with Crippen molar-refractivity contribution < 1.29 is 14.7 Å². The van der Waals surface area contributed by atoms with Gasteiger partial charge in [0.15, 0.2) is 0 Å². The van der Waals surface area contributed by atoms with Crippen molar-refractivity contribution in [2.75, 3.05) is 6.54 Å². The third-order valence-electron chi connectivity index (χ3n) is 3.90. The monoisotopic (exact) mass is 294 g/mol. The number of carboxylic acids is 1. The highest BCUT2D eigenvalue weighted by molar-refractivity contribution is 5.76. The molecule has 2 heterocycles. The van der Waals surface area contributed by atoms with Gasteiger partial charge < -0.3 is 10.0 Å². The van der Waals surface area contributed by atoms with Crippen LogP contribution in [0.25, 0.3) is 0 Å². The second-order valence-corrected chi connectivity index (χ2v) is 5.45. The first-order valence-electron chi connectivity index (χ1n) is 7.50. The molecule has 1 amide bonds. The Morgan fingerprint density at radius 1 is 1.43 bits per heavy atom. The van der Waals surface area contributed by atoms with E-state index in [1.807, 2.05) is 4.90 Å². The van der Waals surface area contributed by atoms with E-state index < -0.39 is 5.97 Å². The van der Waals surface area contributed by atoms with Crippen molar-refractivity contribution in [1.82, 2.24) is 19.9 Å². The highest BCUT2D eigenvalue weighted by Crippen LogP contribution is 2.19. The fraction of sp³-hybridized carbons (Fsp3) is 0.714. The maximum atomic E-state index is 12.4. The van der Waals surface area contributed by atoms with Crippen LogP contribution in [0.2, 0.25) is 0 Å². The first-order chi connectivity index (χ1) is 10.1. The Labute approximate surface area is 123 Å². The molecule has 1 N–H and O–H groups in total. The number of nitrogens with zero attached hydrogens (tertiary/aromatic N) is 4. The summed E-state index contributed by atoms with van der Waals surface area (Å²) < 4.78 is 1.50. The van der Waals surface area contributed by atoms with Crippen LogP contribution in [0.1, 0.15) is 44.7 Å². The lowest BCUT2D eigenvalue weighted by Gasteiger charge is -2.35. The Hall–Kier alpha value is -1.92. The molecule has 1 aromatic rings. The highest BCUT2D eigenvalue weighted by Gasteiger charge is 2.25. The zero-order chi connectivity index (χ0) is 15.2. The number of aryl methyl sites for hydroxylation is 1. The predicted molar refractivity (Wildman–Crippen MR) is 75.6 cm³/mol. The molecule has 7 nitrogen and oxygen atoms in total. The van der Waals surface area contributed by atoms with Gasteiger partial charge in [0, 0.05) is 25.2 Å². The minimum Gasteiger partial charge on any atom is -0.481 e. The third-order valence-corrected chi connectivity index (χ3v) is 3.90. The summed E-state index contributed by atoms with van der Waals surface area (Å²) in [6.45, 7) is 3.10. The molecule has 1 aliphatic heterocycles. The lowest BCUT2D eigenvalue weighted by Crippen LogP contribution is -2.44. The van der Waals surface area contributed by atoms with Crippen molar-refractivity contribution in [2.24, 2.45) is 0 Å². The van der Waals surface area contributed by atoms with E-state index in [1.165, 1.54) is 11.1 Å². The van der Waals surface area contributed by atoms with Crippen LogP contribution in [0.15, 0.2) is 6.20 Å². The summed E-state index contributed by atoms with van der Waals surface area (Å²) in [6.07, 6.45) is 6.32. The highest BCUT2D eigenvalue weighted by atomic mass is 16.4. The van der Waals surface area contributed by atoms with Gasteiger partial charge >= 0.3 is 5.97 Å². The van der Waals surface area contributed by atoms with Crippen molar-refractivity contribution >= 4 is 11.9 Å². The number of rotatable bonds is 6. The largest absolute Gasteiger partial charge is 0.481 e. The molecule has 116 valence electrons. The summed E-state index contributed by atoms with van der Waals surface area (Å²) in [5.74, 6) is -0.795. The zero-order valence-corrected chi connectivity index (χ0v) is 12.4. The number of likely N-dealkylation sites (tertiary alicyclic amines) is 1. The fourth-order valence-electron chi connectivity index (χ4n) is 2.75. The van der Waals surface area contributed by atoms with Crippen molar-refractivity contribution in [3.05, 3.63) is 11.9 Å². The number of aliphatic carboxylic acids is 1. The maximum absolute atomic E-state index is 12.4. The molecule has 2 rings (SSSR count). The zero-order valence-electron chi connectivity index (χ0n) is 12.4. The molecule has 1 unspecified atom stereocenters. The van der Waals surface area contributed by atoms with Gasteiger partial charge in [-0.1, -0.05) is 12.1 Å². The topological polar surface area (TPSA) is 88.3 Å². The van der Waals surface area contributed by atoms with Gasteiger partial charge in [-0.05, 0) is 25.7 Å². The Kier molecular flexibility index (Phi) is 5.30. The molecular formula is C14H22N4O3. The quantitative estimate of drug-likeness (QED) is 0.848. The molecule has 7 heteroatoms. The normalized spacial score (nSPS) is 18.7. The summed E-state index contributed by atoms with van der Waals surface area (Å²) in [4.78, 5) is 24.8. The van der Waals surface area contributed by atoms with Crippen LogP contribution in [0.5, 0.6) is 0 Å². The van der Waals surface area contributed by atoms with Crippen LogP contribution in [0.4, 0.5) is 0 Å². The van der Waals surface area contributed by atoms with Gasteiger partial charge in [-0.2, -0.15) is 0 Å².